The minimum absolute atomic E-state index is 0.0943. The van der Waals surface area contributed by atoms with E-state index in [0.29, 0.717) is 12.8 Å². The first kappa shape index (κ1) is 15.4. The molecule has 9 heteroatoms. The summed E-state index contributed by atoms with van der Waals surface area (Å²) < 4.78 is 54.1. The molecule has 1 N–H and O–H groups in total. The molecule has 1 aromatic rings. The Morgan fingerprint density at radius 2 is 1.95 bits per heavy atom. The second-order valence-corrected chi connectivity index (χ2v) is 8.87. The predicted molar refractivity (Wildman–Crippen MR) is 76.2 cm³/mol. The van der Waals surface area contributed by atoms with Crippen LogP contribution in [0, 0.1) is 0 Å². The van der Waals surface area contributed by atoms with Crippen LogP contribution in [0.1, 0.15) is 19.8 Å². The zero-order chi connectivity index (χ0) is 15.0. The van der Waals surface area contributed by atoms with Crippen molar-refractivity contribution in [3.05, 3.63) is 18.2 Å². The fraction of sp³-hybridized carbons (Fsp3) is 0.455. The Balaban J connectivity index is 2.37. The van der Waals surface area contributed by atoms with Crippen molar-refractivity contribution in [3.8, 4) is 5.75 Å². The first-order chi connectivity index (χ1) is 9.24. The highest BCUT2D eigenvalue weighted by atomic mass is 35.7. The molecule has 112 valence electrons. The Morgan fingerprint density at radius 1 is 1.30 bits per heavy atom. The second kappa shape index (κ2) is 5.42. The number of benzene rings is 1. The summed E-state index contributed by atoms with van der Waals surface area (Å²) >= 11 is 0. The summed E-state index contributed by atoms with van der Waals surface area (Å²) in [6, 6.07) is 3.98. The molecule has 6 nitrogen and oxygen atoms in total. The van der Waals surface area contributed by atoms with E-state index in [2.05, 4.69) is 4.72 Å². The van der Waals surface area contributed by atoms with Crippen LogP contribution in [-0.4, -0.2) is 28.7 Å². The normalized spacial score (nSPS) is 15.9. The van der Waals surface area contributed by atoms with E-state index < -0.39 is 24.3 Å². The lowest BCUT2D eigenvalue weighted by Gasteiger charge is -2.11. The average Bonchev–Trinajstić information content (AvgIpc) is 3.13. The molecular weight excluding hydrogens is 326 g/mol. The third-order valence-electron chi connectivity index (χ3n) is 2.73. The van der Waals surface area contributed by atoms with Gasteiger partial charge in [-0.05, 0) is 38.0 Å². The largest absolute Gasteiger partial charge is 0.492 e. The number of sulfonamides is 1. The van der Waals surface area contributed by atoms with E-state index in [1.54, 1.807) is 6.92 Å². The zero-order valence-electron chi connectivity index (χ0n) is 10.7. The van der Waals surface area contributed by atoms with Gasteiger partial charge in [0.2, 0.25) is 10.0 Å². The van der Waals surface area contributed by atoms with Crippen molar-refractivity contribution in [2.24, 2.45) is 0 Å². The van der Waals surface area contributed by atoms with Crippen molar-refractivity contribution < 1.29 is 21.6 Å². The monoisotopic (exact) mass is 339 g/mol. The van der Waals surface area contributed by atoms with E-state index >= 15 is 0 Å². The highest BCUT2D eigenvalue weighted by Gasteiger charge is 2.35. The third kappa shape index (κ3) is 3.56. The van der Waals surface area contributed by atoms with Crippen molar-refractivity contribution in [2.75, 3.05) is 11.3 Å². The molecule has 0 bridgehead atoms. The molecule has 0 spiro atoms. The Kier molecular flexibility index (Phi) is 4.17. The highest BCUT2D eigenvalue weighted by Crippen LogP contribution is 2.33. The number of rotatable bonds is 6. The van der Waals surface area contributed by atoms with Gasteiger partial charge in [0.05, 0.1) is 17.5 Å². The fourth-order valence-electron chi connectivity index (χ4n) is 1.66. The van der Waals surface area contributed by atoms with E-state index in [9.17, 15) is 16.8 Å². The van der Waals surface area contributed by atoms with Gasteiger partial charge in [-0.1, -0.05) is 0 Å². The molecular formula is C11H14ClNO5S2. The van der Waals surface area contributed by atoms with Crippen molar-refractivity contribution in [3.63, 3.8) is 0 Å². The van der Waals surface area contributed by atoms with Crippen LogP contribution in [0.2, 0.25) is 0 Å². The molecule has 1 aliphatic carbocycles. The summed E-state index contributed by atoms with van der Waals surface area (Å²) in [6.07, 6.45) is 1.24. The Bertz CT molecular complexity index is 710. The van der Waals surface area contributed by atoms with Gasteiger partial charge in [0.25, 0.3) is 9.05 Å². The van der Waals surface area contributed by atoms with E-state index in [4.69, 9.17) is 15.4 Å². The summed E-state index contributed by atoms with van der Waals surface area (Å²) in [5.41, 5.74) is 0.152. The molecule has 0 saturated heterocycles. The lowest BCUT2D eigenvalue weighted by Crippen LogP contribution is -2.17. The molecule has 0 aromatic heterocycles. The van der Waals surface area contributed by atoms with Gasteiger partial charge >= 0.3 is 0 Å². The van der Waals surface area contributed by atoms with Gasteiger partial charge in [-0.3, -0.25) is 4.72 Å². The molecule has 0 atom stereocenters. The maximum absolute atomic E-state index is 11.8. The molecule has 0 heterocycles. The van der Waals surface area contributed by atoms with E-state index in [1.165, 1.54) is 12.1 Å². The summed E-state index contributed by atoms with van der Waals surface area (Å²) in [7, 11) is -2.15. The molecule has 1 aliphatic rings. The van der Waals surface area contributed by atoms with Gasteiger partial charge in [-0.15, -0.1) is 0 Å². The van der Waals surface area contributed by atoms with Crippen LogP contribution in [0.25, 0.3) is 0 Å². The van der Waals surface area contributed by atoms with Gasteiger partial charge in [-0.2, -0.15) is 0 Å². The van der Waals surface area contributed by atoms with Crippen LogP contribution in [0.5, 0.6) is 5.75 Å². The van der Waals surface area contributed by atoms with E-state index in [1.807, 2.05) is 0 Å². The number of anilines is 1. The molecule has 1 fully saturated rings. The minimum Gasteiger partial charge on any atom is -0.492 e. The zero-order valence-corrected chi connectivity index (χ0v) is 13.1. The van der Waals surface area contributed by atoms with Gasteiger partial charge in [0.15, 0.2) is 0 Å². The number of halogens is 1. The lowest BCUT2D eigenvalue weighted by molar-refractivity contribution is 0.331. The molecule has 1 saturated carbocycles. The smallest absolute Gasteiger partial charge is 0.265 e. The van der Waals surface area contributed by atoms with Crippen LogP contribution in [0.4, 0.5) is 5.69 Å². The summed E-state index contributed by atoms with van der Waals surface area (Å²) in [6.45, 7) is 1.97. The predicted octanol–water partition coefficient (Wildman–Crippen LogP) is 1.92. The Hall–Kier alpha value is -0.990. The van der Waals surface area contributed by atoms with Gasteiger partial charge in [0.1, 0.15) is 10.6 Å². The second-order valence-electron chi connectivity index (χ2n) is 4.38. The first-order valence-corrected chi connectivity index (χ1v) is 9.83. The highest BCUT2D eigenvalue weighted by molar-refractivity contribution is 8.13. The fourth-order valence-corrected chi connectivity index (χ4v) is 4.04. The van der Waals surface area contributed by atoms with Gasteiger partial charge in [-0.25, -0.2) is 16.8 Å². The molecule has 2 rings (SSSR count). The first-order valence-electron chi connectivity index (χ1n) is 5.97. The van der Waals surface area contributed by atoms with Crippen LogP contribution >= 0.6 is 10.7 Å². The average molecular weight is 340 g/mol. The maximum Gasteiger partial charge on any atom is 0.265 e. The topological polar surface area (TPSA) is 89.5 Å². The quantitative estimate of drug-likeness (QED) is 0.800. The third-order valence-corrected chi connectivity index (χ3v) is 5.94. The van der Waals surface area contributed by atoms with Crippen LogP contribution in [-0.2, 0) is 19.1 Å². The van der Waals surface area contributed by atoms with Crippen LogP contribution < -0.4 is 9.46 Å². The number of nitrogens with one attached hydrogen (secondary N) is 1. The molecule has 0 radical (unpaired) electrons. The van der Waals surface area contributed by atoms with Gasteiger partial charge < -0.3 is 4.74 Å². The molecule has 0 amide bonds. The lowest BCUT2D eigenvalue weighted by atomic mass is 10.3. The summed E-state index contributed by atoms with van der Waals surface area (Å²) in [5.74, 6) is 0.0943. The van der Waals surface area contributed by atoms with Crippen LogP contribution in [0.15, 0.2) is 23.1 Å². The molecule has 20 heavy (non-hydrogen) atoms. The van der Waals surface area contributed by atoms with Crippen molar-refractivity contribution in [1.29, 1.82) is 0 Å². The molecule has 0 unspecified atom stereocenters. The van der Waals surface area contributed by atoms with Crippen LogP contribution in [0.3, 0.4) is 0 Å². The number of hydrogen-bond acceptors (Lipinski definition) is 5. The standard InChI is InChI=1S/C11H14ClNO5S2/c1-2-18-10-6-3-8(7-11(10)19(12,14)15)13-20(16,17)9-4-5-9/h3,6-7,9,13H,2,4-5H2,1H3. The van der Waals surface area contributed by atoms with Crippen molar-refractivity contribution in [2.45, 2.75) is 29.9 Å². The maximum atomic E-state index is 11.8. The summed E-state index contributed by atoms with van der Waals surface area (Å²) in [5, 5.41) is -0.398. The van der Waals surface area contributed by atoms with Crippen molar-refractivity contribution >= 4 is 35.4 Å². The minimum atomic E-state index is -4.03. The van der Waals surface area contributed by atoms with E-state index in [0.717, 1.165) is 6.07 Å². The summed E-state index contributed by atoms with van der Waals surface area (Å²) in [4.78, 5) is -0.253. The SMILES string of the molecule is CCOc1ccc(NS(=O)(=O)C2CC2)cc1S(=O)(=O)Cl. The Morgan fingerprint density at radius 3 is 2.45 bits per heavy atom. The molecule has 1 aromatic carbocycles. The van der Waals surface area contributed by atoms with E-state index in [-0.39, 0.29) is 22.9 Å². The van der Waals surface area contributed by atoms with Crippen molar-refractivity contribution in [1.82, 2.24) is 0 Å². The number of hydrogen-bond donors (Lipinski definition) is 1. The number of ether oxygens (including phenoxy) is 1. The Labute approximate surface area is 122 Å². The molecule has 0 aliphatic heterocycles. The van der Waals surface area contributed by atoms with Gasteiger partial charge in [0, 0.05) is 10.7 Å².